The average molecular weight is 470 g/mol. The first-order valence-electron chi connectivity index (χ1n) is 11.1. The number of aromatic nitrogens is 4. The second kappa shape index (κ2) is 9.15. The lowest BCUT2D eigenvalue weighted by Crippen LogP contribution is -2.12. The summed E-state index contributed by atoms with van der Waals surface area (Å²) in [5.74, 6) is -0.176. The van der Waals surface area contributed by atoms with Crippen molar-refractivity contribution in [1.29, 1.82) is 0 Å². The van der Waals surface area contributed by atoms with Gasteiger partial charge in [0, 0.05) is 11.8 Å². The zero-order valence-corrected chi connectivity index (χ0v) is 19.8. The molecule has 0 bridgehead atoms. The van der Waals surface area contributed by atoms with E-state index in [1.165, 1.54) is 16.3 Å². The molecule has 0 aliphatic carbocycles. The number of carbonyl (C=O) groups excluding carboxylic acids is 1. The van der Waals surface area contributed by atoms with E-state index in [1.54, 1.807) is 6.20 Å². The van der Waals surface area contributed by atoms with Gasteiger partial charge < -0.3 is 5.32 Å². The van der Waals surface area contributed by atoms with Gasteiger partial charge in [0.25, 0.3) is 5.91 Å². The topological polar surface area (TPSA) is 64.7 Å². The third-order valence-corrected chi connectivity index (χ3v) is 6.49. The van der Waals surface area contributed by atoms with Gasteiger partial charge in [0.05, 0.1) is 41.4 Å². The summed E-state index contributed by atoms with van der Waals surface area (Å²) in [6.45, 7) is 5.07. The van der Waals surface area contributed by atoms with Crippen LogP contribution in [0.3, 0.4) is 0 Å². The van der Waals surface area contributed by atoms with E-state index in [9.17, 15) is 4.79 Å². The molecule has 7 heteroatoms. The number of hydrogen-bond acceptors (Lipinski definition) is 3. The highest BCUT2D eigenvalue weighted by Gasteiger charge is 2.11. The Morgan fingerprint density at radius 1 is 0.971 bits per heavy atom. The molecule has 0 fully saturated rings. The van der Waals surface area contributed by atoms with Crippen LogP contribution in [0.1, 0.15) is 32.9 Å². The average Bonchev–Trinajstić information content (AvgIpc) is 3.39. The Morgan fingerprint density at radius 3 is 2.50 bits per heavy atom. The van der Waals surface area contributed by atoms with Crippen molar-refractivity contribution in [3.8, 4) is 0 Å². The lowest BCUT2D eigenvalue weighted by atomic mass is 10.0. The zero-order valence-electron chi connectivity index (χ0n) is 19.0. The first-order chi connectivity index (χ1) is 16.5. The van der Waals surface area contributed by atoms with Crippen LogP contribution in [0.15, 0.2) is 79.1 Å². The quantitative estimate of drug-likeness (QED) is 0.339. The first-order valence-corrected chi connectivity index (χ1v) is 11.4. The van der Waals surface area contributed by atoms with Crippen LogP contribution in [0.4, 0.5) is 5.69 Å². The second-order valence-corrected chi connectivity index (χ2v) is 8.74. The summed E-state index contributed by atoms with van der Waals surface area (Å²) >= 11 is 6.24. The fraction of sp³-hybridized carbons (Fsp3) is 0.148. The third kappa shape index (κ3) is 4.45. The molecule has 0 aliphatic rings. The lowest BCUT2D eigenvalue weighted by Gasteiger charge is -2.07. The fourth-order valence-electron chi connectivity index (χ4n) is 4.09. The van der Waals surface area contributed by atoms with Crippen molar-refractivity contribution < 1.29 is 4.79 Å². The van der Waals surface area contributed by atoms with Gasteiger partial charge in [0.1, 0.15) is 0 Å². The molecule has 1 amide bonds. The van der Waals surface area contributed by atoms with E-state index in [0.29, 0.717) is 29.4 Å². The van der Waals surface area contributed by atoms with Gasteiger partial charge in [-0.3, -0.25) is 14.2 Å². The summed E-state index contributed by atoms with van der Waals surface area (Å²) in [4.78, 5) is 12.7. The molecule has 3 aromatic carbocycles. The number of nitrogens with zero attached hydrogens (tertiary/aromatic N) is 4. The number of carbonyl (C=O) groups is 1. The van der Waals surface area contributed by atoms with Crippen LogP contribution in [-0.2, 0) is 13.1 Å². The van der Waals surface area contributed by atoms with Gasteiger partial charge in [-0.15, -0.1) is 0 Å². The number of anilines is 1. The highest BCUT2D eigenvalue weighted by atomic mass is 35.5. The molecule has 5 rings (SSSR count). The van der Waals surface area contributed by atoms with Crippen LogP contribution < -0.4 is 5.32 Å². The van der Waals surface area contributed by atoms with Crippen LogP contribution >= 0.6 is 11.6 Å². The van der Waals surface area contributed by atoms with Crippen molar-refractivity contribution >= 4 is 34.0 Å². The molecule has 0 saturated carbocycles. The Balaban J connectivity index is 1.24. The van der Waals surface area contributed by atoms with Crippen molar-refractivity contribution in [3.05, 3.63) is 112 Å². The van der Waals surface area contributed by atoms with Gasteiger partial charge in [0.2, 0.25) is 0 Å². The Labute approximate surface area is 202 Å². The number of rotatable bonds is 6. The SMILES string of the molecule is Cc1nn(Cc2ccc(C(=O)Nc3cnn(Cc4cccc5ccccc45)c3)cc2)c(C)c1Cl. The Bertz CT molecular complexity index is 1480. The number of nitrogens with one attached hydrogen (secondary N) is 1. The van der Waals surface area contributed by atoms with Crippen molar-refractivity contribution in [2.75, 3.05) is 5.32 Å². The molecule has 0 radical (unpaired) electrons. The Kier molecular flexibility index (Phi) is 5.90. The van der Waals surface area contributed by atoms with E-state index in [2.05, 4.69) is 45.8 Å². The largest absolute Gasteiger partial charge is 0.319 e. The van der Waals surface area contributed by atoms with E-state index < -0.39 is 0 Å². The van der Waals surface area contributed by atoms with Crippen molar-refractivity contribution in [3.63, 3.8) is 0 Å². The highest BCUT2D eigenvalue weighted by Crippen LogP contribution is 2.21. The second-order valence-electron chi connectivity index (χ2n) is 8.36. The Morgan fingerprint density at radius 2 is 1.74 bits per heavy atom. The van der Waals surface area contributed by atoms with Crippen LogP contribution in [0.25, 0.3) is 10.8 Å². The summed E-state index contributed by atoms with van der Waals surface area (Å²) in [5.41, 5.74) is 5.21. The van der Waals surface area contributed by atoms with Crippen LogP contribution in [-0.4, -0.2) is 25.5 Å². The van der Waals surface area contributed by atoms with Gasteiger partial charge in [-0.05, 0) is 47.9 Å². The van der Waals surface area contributed by atoms with Crippen molar-refractivity contribution in [1.82, 2.24) is 19.6 Å². The molecule has 34 heavy (non-hydrogen) atoms. The summed E-state index contributed by atoms with van der Waals surface area (Å²) in [6, 6.07) is 22.1. The van der Waals surface area contributed by atoms with E-state index in [1.807, 2.05) is 65.8 Å². The van der Waals surface area contributed by atoms with Gasteiger partial charge in [-0.25, -0.2) is 0 Å². The minimum absolute atomic E-state index is 0.176. The molecular formula is C27H24ClN5O. The van der Waals surface area contributed by atoms with Gasteiger partial charge in [-0.2, -0.15) is 10.2 Å². The third-order valence-electron chi connectivity index (χ3n) is 5.95. The van der Waals surface area contributed by atoms with Crippen LogP contribution in [0.2, 0.25) is 5.02 Å². The molecule has 2 heterocycles. The maximum atomic E-state index is 12.7. The summed E-state index contributed by atoms with van der Waals surface area (Å²) < 4.78 is 3.71. The summed E-state index contributed by atoms with van der Waals surface area (Å²) in [6.07, 6.45) is 3.52. The number of benzene rings is 3. The monoisotopic (exact) mass is 469 g/mol. The zero-order chi connectivity index (χ0) is 23.7. The number of amides is 1. The fourth-order valence-corrected chi connectivity index (χ4v) is 4.22. The molecule has 1 N–H and O–H groups in total. The van der Waals surface area contributed by atoms with Gasteiger partial charge >= 0.3 is 0 Å². The number of halogens is 1. The first kappa shape index (κ1) is 21.9. The van der Waals surface area contributed by atoms with E-state index in [-0.39, 0.29) is 5.91 Å². The molecule has 170 valence electrons. The normalized spacial score (nSPS) is 11.1. The van der Waals surface area contributed by atoms with E-state index >= 15 is 0 Å². The van der Waals surface area contributed by atoms with Gasteiger partial charge in [-0.1, -0.05) is 66.2 Å². The molecule has 5 aromatic rings. The smallest absolute Gasteiger partial charge is 0.255 e. The summed E-state index contributed by atoms with van der Waals surface area (Å²) in [5, 5.41) is 14.9. The van der Waals surface area contributed by atoms with E-state index in [4.69, 9.17) is 11.6 Å². The predicted molar refractivity (Wildman–Crippen MR) is 135 cm³/mol. The molecule has 0 saturated heterocycles. The number of fused-ring (bicyclic) bond motifs is 1. The number of aryl methyl sites for hydroxylation is 1. The predicted octanol–water partition coefficient (Wildman–Crippen LogP) is 5.85. The van der Waals surface area contributed by atoms with Crippen LogP contribution in [0, 0.1) is 13.8 Å². The Hall–Kier alpha value is -3.90. The lowest BCUT2D eigenvalue weighted by molar-refractivity contribution is 0.102. The standard InChI is InChI=1S/C27H24ClN5O/c1-18-26(28)19(2)33(31-18)15-20-10-12-22(13-11-20)27(34)30-24-14-29-32(17-24)16-23-8-5-7-21-6-3-4-9-25(21)23/h3-14,17H,15-16H2,1-2H3,(H,30,34). The van der Waals surface area contributed by atoms with Crippen molar-refractivity contribution in [2.45, 2.75) is 26.9 Å². The molecule has 0 atom stereocenters. The minimum atomic E-state index is -0.176. The van der Waals surface area contributed by atoms with Crippen molar-refractivity contribution in [2.24, 2.45) is 0 Å². The van der Waals surface area contributed by atoms with Crippen LogP contribution in [0.5, 0.6) is 0 Å². The molecular weight excluding hydrogens is 446 g/mol. The molecule has 0 spiro atoms. The molecule has 2 aromatic heterocycles. The van der Waals surface area contributed by atoms with E-state index in [0.717, 1.165) is 17.0 Å². The highest BCUT2D eigenvalue weighted by molar-refractivity contribution is 6.31. The molecule has 0 aliphatic heterocycles. The number of hydrogen-bond donors (Lipinski definition) is 1. The van der Waals surface area contributed by atoms with Gasteiger partial charge in [0.15, 0.2) is 0 Å². The maximum absolute atomic E-state index is 12.7. The maximum Gasteiger partial charge on any atom is 0.255 e. The summed E-state index contributed by atoms with van der Waals surface area (Å²) in [7, 11) is 0. The molecule has 0 unspecified atom stereocenters. The minimum Gasteiger partial charge on any atom is -0.319 e. The molecule has 6 nitrogen and oxygen atoms in total.